The predicted octanol–water partition coefficient (Wildman–Crippen LogP) is 0.291. The van der Waals surface area contributed by atoms with E-state index < -0.39 is 0 Å². The van der Waals surface area contributed by atoms with E-state index in [9.17, 15) is 4.79 Å². The van der Waals surface area contributed by atoms with Gasteiger partial charge < -0.3 is 15.8 Å². The molecular weight excluding hydrogens is 208 g/mol. The third-order valence-corrected chi connectivity index (χ3v) is 3.16. The zero-order valence-electron chi connectivity index (χ0n) is 9.25. The predicted molar refractivity (Wildman–Crippen MR) is 58.9 cm³/mol. The van der Waals surface area contributed by atoms with E-state index in [1.165, 1.54) is 6.20 Å². The molecular formula is C10H16N4O2. The van der Waals surface area contributed by atoms with E-state index in [1.54, 1.807) is 7.11 Å². The molecule has 88 valence electrons. The van der Waals surface area contributed by atoms with Crippen LogP contribution < -0.4 is 11.1 Å². The van der Waals surface area contributed by atoms with Crippen LogP contribution in [-0.4, -0.2) is 35.4 Å². The van der Waals surface area contributed by atoms with Crippen LogP contribution in [0.2, 0.25) is 0 Å². The summed E-state index contributed by atoms with van der Waals surface area (Å²) in [6.07, 6.45) is 4.55. The van der Waals surface area contributed by atoms with Crippen LogP contribution >= 0.6 is 0 Å². The Labute approximate surface area is 93.5 Å². The van der Waals surface area contributed by atoms with E-state index in [0.29, 0.717) is 17.9 Å². The van der Waals surface area contributed by atoms with Crippen molar-refractivity contribution >= 4 is 11.6 Å². The second-order valence-corrected chi connectivity index (χ2v) is 4.12. The lowest BCUT2D eigenvalue weighted by Crippen LogP contribution is -2.49. The Kier molecular flexibility index (Phi) is 2.82. The summed E-state index contributed by atoms with van der Waals surface area (Å²) in [7, 11) is 1.68. The molecule has 0 radical (unpaired) electrons. The van der Waals surface area contributed by atoms with Gasteiger partial charge in [-0.1, -0.05) is 0 Å². The van der Waals surface area contributed by atoms with Gasteiger partial charge in [-0.2, -0.15) is 5.10 Å². The molecule has 0 spiro atoms. The number of ether oxygens (including phenoxy) is 1. The molecule has 1 aliphatic carbocycles. The molecule has 16 heavy (non-hydrogen) atoms. The maximum atomic E-state index is 11.7. The van der Waals surface area contributed by atoms with E-state index in [1.807, 2.05) is 0 Å². The highest BCUT2D eigenvalue weighted by Crippen LogP contribution is 2.34. The molecule has 1 fully saturated rings. The number of amides is 1. The molecule has 1 aromatic heterocycles. The minimum Gasteiger partial charge on any atom is -0.396 e. The van der Waals surface area contributed by atoms with Crippen LogP contribution in [0.15, 0.2) is 6.20 Å². The number of carbonyl (C=O) groups excluding carboxylic acids is 1. The number of nitrogens with two attached hydrogens (primary N) is 1. The van der Waals surface area contributed by atoms with Crippen molar-refractivity contribution in [1.29, 1.82) is 0 Å². The SMILES string of the molecule is COC1(CNC(=O)c2[nH]ncc2N)CCC1. The monoisotopic (exact) mass is 224 g/mol. The fourth-order valence-electron chi connectivity index (χ4n) is 1.83. The molecule has 4 N–H and O–H groups in total. The number of H-pyrrole nitrogens is 1. The highest BCUT2D eigenvalue weighted by atomic mass is 16.5. The summed E-state index contributed by atoms with van der Waals surface area (Å²) in [5.41, 5.74) is 6.07. The van der Waals surface area contributed by atoms with Gasteiger partial charge in [0.15, 0.2) is 0 Å². The average molecular weight is 224 g/mol. The van der Waals surface area contributed by atoms with Gasteiger partial charge in [-0.25, -0.2) is 0 Å². The quantitative estimate of drug-likeness (QED) is 0.685. The summed E-state index contributed by atoms with van der Waals surface area (Å²) in [5, 5.41) is 9.07. The lowest BCUT2D eigenvalue weighted by molar-refractivity contribution is -0.0679. The van der Waals surface area contributed by atoms with Crippen molar-refractivity contribution in [2.45, 2.75) is 24.9 Å². The Morgan fingerprint density at radius 3 is 2.94 bits per heavy atom. The first-order chi connectivity index (χ1) is 7.67. The second-order valence-electron chi connectivity index (χ2n) is 4.12. The molecule has 0 atom stereocenters. The first-order valence-electron chi connectivity index (χ1n) is 5.29. The number of hydrogen-bond acceptors (Lipinski definition) is 4. The number of nitrogens with zero attached hydrogens (tertiary/aromatic N) is 1. The molecule has 2 rings (SSSR count). The number of nitrogen functional groups attached to an aromatic ring is 1. The van der Waals surface area contributed by atoms with Gasteiger partial charge in [-0.05, 0) is 19.3 Å². The number of nitrogens with one attached hydrogen (secondary N) is 2. The summed E-state index contributed by atoms with van der Waals surface area (Å²) in [5.74, 6) is -0.238. The molecule has 1 heterocycles. The van der Waals surface area contributed by atoms with Crippen LogP contribution in [0, 0.1) is 0 Å². The summed E-state index contributed by atoms with van der Waals surface area (Å²) in [4.78, 5) is 11.7. The zero-order chi connectivity index (χ0) is 11.6. The Morgan fingerprint density at radius 2 is 2.50 bits per heavy atom. The van der Waals surface area contributed by atoms with Crippen molar-refractivity contribution in [3.05, 3.63) is 11.9 Å². The average Bonchev–Trinajstić information content (AvgIpc) is 2.63. The van der Waals surface area contributed by atoms with Crippen LogP contribution in [0.3, 0.4) is 0 Å². The first kappa shape index (κ1) is 10.9. The van der Waals surface area contributed by atoms with Crippen LogP contribution in [0.25, 0.3) is 0 Å². The van der Waals surface area contributed by atoms with Gasteiger partial charge >= 0.3 is 0 Å². The van der Waals surface area contributed by atoms with Crippen LogP contribution in [0.4, 0.5) is 5.69 Å². The second kappa shape index (κ2) is 4.13. The van der Waals surface area contributed by atoms with Crippen molar-refractivity contribution in [2.24, 2.45) is 0 Å². The third kappa shape index (κ3) is 1.88. The number of aromatic amines is 1. The van der Waals surface area contributed by atoms with E-state index in [0.717, 1.165) is 19.3 Å². The molecule has 1 aliphatic rings. The van der Waals surface area contributed by atoms with Crippen molar-refractivity contribution in [3.8, 4) is 0 Å². The summed E-state index contributed by atoms with van der Waals surface area (Å²) < 4.78 is 5.40. The summed E-state index contributed by atoms with van der Waals surface area (Å²) >= 11 is 0. The summed E-state index contributed by atoms with van der Waals surface area (Å²) in [6, 6.07) is 0. The van der Waals surface area contributed by atoms with Crippen LogP contribution in [0.5, 0.6) is 0 Å². The van der Waals surface area contributed by atoms with Crippen molar-refractivity contribution < 1.29 is 9.53 Å². The first-order valence-corrected chi connectivity index (χ1v) is 5.29. The maximum absolute atomic E-state index is 11.7. The molecule has 0 unspecified atom stereocenters. The number of rotatable bonds is 4. The molecule has 0 saturated heterocycles. The smallest absolute Gasteiger partial charge is 0.271 e. The molecule has 0 aliphatic heterocycles. The number of hydrogen-bond donors (Lipinski definition) is 3. The van der Waals surface area contributed by atoms with E-state index in [4.69, 9.17) is 10.5 Å². The minimum absolute atomic E-state index is 0.176. The molecule has 1 saturated carbocycles. The molecule has 0 aromatic carbocycles. The lowest BCUT2D eigenvalue weighted by Gasteiger charge is -2.40. The fourth-order valence-corrected chi connectivity index (χ4v) is 1.83. The highest BCUT2D eigenvalue weighted by Gasteiger charge is 2.37. The van der Waals surface area contributed by atoms with Gasteiger partial charge in [-0.3, -0.25) is 9.89 Å². The number of methoxy groups -OCH3 is 1. The number of aromatic nitrogens is 2. The van der Waals surface area contributed by atoms with Crippen LogP contribution in [-0.2, 0) is 4.74 Å². The van der Waals surface area contributed by atoms with Crippen molar-refractivity contribution in [3.63, 3.8) is 0 Å². The highest BCUT2D eigenvalue weighted by molar-refractivity contribution is 5.96. The molecule has 0 bridgehead atoms. The fraction of sp³-hybridized carbons (Fsp3) is 0.600. The van der Waals surface area contributed by atoms with Gasteiger partial charge in [0.1, 0.15) is 5.69 Å². The Morgan fingerprint density at radius 1 is 1.75 bits per heavy atom. The van der Waals surface area contributed by atoms with Gasteiger partial charge in [0.25, 0.3) is 5.91 Å². The molecule has 1 amide bonds. The minimum atomic E-state index is -0.238. The molecule has 1 aromatic rings. The Bertz CT molecular complexity index is 378. The normalized spacial score (nSPS) is 17.8. The molecule has 6 heteroatoms. The van der Waals surface area contributed by atoms with Crippen molar-refractivity contribution in [1.82, 2.24) is 15.5 Å². The Balaban J connectivity index is 1.91. The van der Waals surface area contributed by atoms with E-state index in [2.05, 4.69) is 15.5 Å². The number of anilines is 1. The molecule has 6 nitrogen and oxygen atoms in total. The maximum Gasteiger partial charge on any atom is 0.271 e. The summed E-state index contributed by atoms with van der Waals surface area (Å²) in [6.45, 7) is 0.515. The van der Waals surface area contributed by atoms with Crippen LogP contribution in [0.1, 0.15) is 29.8 Å². The Hall–Kier alpha value is -1.56. The van der Waals surface area contributed by atoms with Gasteiger partial charge in [-0.15, -0.1) is 0 Å². The van der Waals surface area contributed by atoms with Gasteiger partial charge in [0.2, 0.25) is 0 Å². The third-order valence-electron chi connectivity index (χ3n) is 3.16. The van der Waals surface area contributed by atoms with Gasteiger partial charge in [0.05, 0.1) is 17.5 Å². The number of carbonyl (C=O) groups is 1. The van der Waals surface area contributed by atoms with E-state index >= 15 is 0 Å². The van der Waals surface area contributed by atoms with Crippen molar-refractivity contribution in [2.75, 3.05) is 19.4 Å². The zero-order valence-corrected chi connectivity index (χ0v) is 9.25. The largest absolute Gasteiger partial charge is 0.396 e. The van der Waals surface area contributed by atoms with E-state index in [-0.39, 0.29) is 11.5 Å². The standard InChI is InChI=1S/C10H16N4O2/c1-16-10(3-2-4-10)6-12-9(15)8-7(11)5-13-14-8/h5H,2-4,6,11H2,1H3,(H,12,15)(H,13,14). The van der Waals surface area contributed by atoms with Gasteiger partial charge in [0, 0.05) is 13.7 Å². The lowest BCUT2D eigenvalue weighted by atomic mass is 9.80. The topological polar surface area (TPSA) is 93.0 Å².